The minimum atomic E-state index is -3.14. The van der Waals surface area contributed by atoms with Crippen molar-refractivity contribution in [2.24, 2.45) is 0 Å². The molecule has 0 saturated heterocycles. The molecule has 0 heterocycles. The molecule has 0 radical (unpaired) electrons. The molecule has 1 amide bonds. The van der Waals surface area contributed by atoms with E-state index in [-0.39, 0.29) is 16.8 Å². The fourth-order valence-corrected chi connectivity index (χ4v) is 2.14. The van der Waals surface area contributed by atoms with Gasteiger partial charge < -0.3 is 14.8 Å². The van der Waals surface area contributed by atoms with Crippen LogP contribution in [0.2, 0.25) is 0 Å². The van der Waals surface area contributed by atoms with Gasteiger partial charge in [-0.15, -0.1) is 0 Å². The van der Waals surface area contributed by atoms with Crippen molar-refractivity contribution in [3.8, 4) is 5.75 Å². The Morgan fingerprint density at radius 2 is 1.78 bits per heavy atom. The van der Waals surface area contributed by atoms with Gasteiger partial charge in [0.25, 0.3) is 0 Å². The Kier molecular flexibility index (Phi) is 6.53. The summed E-state index contributed by atoms with van der Waals surface area (Å²) in [7, 11) is 0. The molecule has 0 saturated carbocycles. The second kappa shape index (κ2) is 8.84. The Bertz CT molecular complexity index is 870. The van der Waals surface area contributed by atoms with Crippen LogP contribution in [0.15, 0.2) is 42.5 Å². The van der Waals surface area contributed by atoms with Gasteiger partial charge >= 0.3 is 12.6 Å². The van der Waals surface area contributed by atoms with Crippen molar-refractivity contribution in [3.05, 3.63) is 59.4 Å². The van der Waals surface area contributed by atoms with Crippen molar-refractivity contribution in [2.75, 3.05) is 11.9 Å². The summed E-state index contributed by atoms with van der Waals surface area (Å²) >= 11 is 0. The van der Waals surface area contributed by atoms with Crippen LogP contribution in [0.3, 0.4) is 0 Å². The van der Waals surface area contributed by atoms with Crippen LogP contribution >= 0.6 is 0 Å². The van der Waals surface area contributed by atoms with Gasteiger partial charge in [-0.25, -0.2) is 9.18 Å². The van der Waals surface area contributed by atoms with Crippen molar-refractivity contribution in [2.45, 2.75) is 13.5 Å². The van der Waals surface area contributed by atoms with E-state index in [0.29, 0.717) is 0 Å². The molecule has 0 aliphatic carbocycles. The maximum Gasteiger partial charge on any atom is 0.387 e. The molecule has 2 aromatic carbocycles. The molecule has 2 rings (SSSR count). The number of rotatable bonds is 7. The van der Waals surface area contributed by atoms with Crippen LogP contribution in [-0.4, -0.2) is 30.9 Å². The normalized spacial score (nSPS) is 10.4. The lowest BCUT2D eigenvalue weighted by molar-refractivity contribution is -0.114. The smallest absolute Gasteiger partial charge is 0.387 e. The highest BCUT2D eigenvalue weighted by molar-refractivity contribution is 6.00. The SMILES string of the molecule is CC(=O)Nc1ccc(C(=O)COC(=O)c2ccccc2OC(F)F)c(F)c1. The first-order valence-corrected chi connectivity index (χ1v) is 7.59. The van der Waals surface area contributed by atoms with E-state index in [9.17, 15) is 27.6 Å². The van der Waals surface area contributed by atoms with E-state index in [0.717, 1.165) is 18.2 Å². The molecule has 0 atom stereocenters. The summed E-state index contributed by atoms with van der Waals surface area (Å²) in [5.74, 6) is -3.65. The quantitative estimate of drug-likeness (QED) is 0.587. The van der Waals surface area contributed by atoms with Gasteiger partial charge in [-0.1, -0.05) is 12.1 Å². The van der Waals surface area contributed by atoms with Crippen molar-refractivity contribution < 1.29 is 37.0 Å². The van der Waals surface area contributed by atoms with E-state index >= 15 is 0 Å². The van der Waals surface area contributed by atoms with Gasteiger partial charge in [-0.2, -0.15) is 8.78 Å². The third kappa shape index (κ3) is 5.56. The number of amides is 1. The Hall–Kier alpha value is -3.36. The van der Waals surface area contributed by atoms with Gasteiger partial charge in [0.1, 0.15) is 17.1 Å². The van der Waals surface area contributed by atoms with Gasteiger partial charge in [-0.05, 0) is 30.3 Å². The van der Waals surface area contributed by atoms with Crippen LogP contribution in [0.1, 0.15) is 27.6 Å². The summed E-state index contributed by atoms with van der Waals surface area (Å²) in [6.07, 6.45) is 0. The monoisotopic (exact) mass is 381 g/mol. The van der Waals surface area contributed by atoms with Crippen LogP contribution in [0.5, 0.6) is 5.75 Å². The number of alkyl halides is 2. The lowest BCUT2D eigenvalue weighted by atomic mass is 10.1. The molecule has 0 bridgehead atoms. The predicted octanol–water partition coefficient (Wildman–Crippen LogP) is 3.43. The maximum atomic E-state index is 14.0. The number of carbonyl (C=O) groups excluding carboxylic acids is 3. The summed E-state index contributed by atoms with van der Waals surface area (Å²) in [5, 5.41) is 2.35. The maximum absolute atomic E-state index is 14.0. The van der Waals surface area contributed by atoms with Crippen molar-refractivity contribution in [1.29, 1.82) is 0 Å². The van der Waals surface area contributed by atoms with Crippen molar-refractivity contribution >= 4 is 23.3 Å². The first kappa shape index (κ1) is 20.0. The molecule has 27 heavy (non-hydrogen) atoms. The number of Topliss-reactive ketones (excluding diaryl/α,β-unsaturated/α-hetero) is 1. The fraction of sp³-hybridized carbons (Fsp3) is 0.167. The van der Waals surface area contributed by atoms with E-state index < -0.39 is 42.4 Å². The molecule has 0 aromatic heterocycles. The number of nitrogens with one attached hydrogen (secondary N) is 1. The molecule has 6 nitrogen and oxygen atoms in total. The largest absolute Gasteiger partial charge is 0.454 e. The van der Waals surface area contributed by atoms with E-state index in [1.807, 2.05) is 0 Å². The third-order valence-corrected chi connectivity index (χ3v) is 3.25. The molecule has 0 aliphatic heterocycles. The molecular weight excluding hydrogens is 367 g/mol. The lowest BCUT2D eigenvalue weighted by Gasteiger charge is -2.10. The number of anilines is 1. The minimum absolute atomic E-state index is 0.159. The minimum Gasteiger partial charge on any atom is -0.454 e. The Morgan fingerprint density at radius 1 is 1.07 bits per heavy atom. The van der Waals surface area contributed by atoms with Gasteiger partial charge in [0.2, 0.25) is 11.7 Å². The molecular formula is C18H14F3NO5. The summed E-state index contributed by atoms with van der Waals surface area (Å²) in [6, 6.07) is 8.50. The topological polar surface area (TPSA) is 81.7 Å². The predicted molar refractivity (Wildman–Crippen MR) is 88.4 cm³/mol. The summed E-state index contributed by atoms with van der Waals surface area (Å²) < 4.78 is 47.7. The second-order valence-corrected chi connectivity index (χ2v) is 5.25. The Morgan fingerprint density at radius 3 is 2.41 bits per heavy atom. The number of benzene rings is 2. The van der Waals surface area contributed by atoms with Gasteiger partial charge in [0.15, 0.2) is 6.61 Å². The number of hydrogen-bond acceptors (Lipinski definition) is 5. The number of esters is 1. The zero-order chi connectivity index (χ0) is 20.0. The number of hydrogen-bond donors (Lipinski definition) is 1. The van der Waals surface area contributed by atoms with Gasteiger partial charge in [0, 0.05) is 12.6 Å². The molecule has 142 valence electrons. The van der Waals surface area contributed by atoms with Crippen molar-refractivity contribution in [1.82, 2.24) is 0 Å². The van der Waals surface area contributed by atoms with Crippen LogP contribution in [-0.2, 0) is 9.53 Å². The van der Waals surface area contributed by atoms with Crippen LogP contribution in [0, 0.1) is 5.82 Å². The Labute approximate surface area is 151 Å². The van der Waals surface area contributed by atoms with Crippen LogP contribution < -0.4 is 10.1 Å². The summed E-state index contributed by atoms with van der Waals surface area (Å²) in [6.45, 7) is -2.71. The van der Waals surface area contributed by atoms with Crippen LogP contribution in [0.25, 0.3) is 0 Å². The molecule has 2 aromatic rings. The standard InChI is InChI=1S/C18H14F3NO5/c1-10(23)22-11-6-7-12(14(19)8-11)15(24)9-26-17(25)13-4-2-3-5-16(13)27-18(20)21/h2-8,18H,9H2,1H3,(H,22,23). The number of carbonyl (C=O) groups is 3. The third-order valence-electron chi connectivity index (χ3n) is 3.25. The van der Waals surface area contributed by atoms with Gasteiger partial charge in [-0.3, -0.25) is 9.59 Å². The van der Waals surface area contributed by atoms with Crippen LogP contribution in [0.4, 0.5) is 18.9 Å². The highest BCUT2D eigenvalue weighted by Gasteiger charge is 2.19. The first-order valence-electron chi connectivity index (χ1n) is 7.59. The average Bonchev–Trinajstić information content (AvgIpc) is 2.59. The summed E-state index contributed by atoms with van der Waals surface area (Å²) in [5.41, 5.74) is -0.493. The highest BCUT2D eigenvalue weighted by atomic mass is 19.3. The molecule has 0 aliphatic rings. The zero-order valence-electron chi connectivity index (χ0n) is 14.0. The van der Waals surface area contributed by atoms with E-state index in [2.05, 4.69) is 10.1 Å². The second-order valence-electron chi connectivity index (χ2n) is 5.25. The molecule has 0 fully saturated rings. The highest BCUT2D eigenvalue weighted by Crippen LogP contribution is 2.21. The average molecular weight is 381 g/mol. The molecule has 0 unspecified atom stereocenters. The Balaban J connectivity index is 2.05. The molecule has 9 heteroatoms. The molecule has 1 N–H and O–H groups in total. The van der Waals surface area contributed by atoms with Crippen molar-refractivity contribution in [3.63, 3.8) is 0 Å². The van der Waals surface area contributed by atoms with E-state index in [4.69, 9.17) is 4.74 Å². The van der Waals surface area contributed by atoms with E-state index in [1.165, 1.54) is 31.2 Å². The zero-order valence-corrected chi connectivity index (χ0v) is 14.0. The number of ether oxygens (including phenoxy) is 2. The van der Waals surface area contributed by atoms with Gasteiger partial charge in [0.05, 0.1) is 5.56 Å². The van der Waals surface area contributed by atoms with E-state index in [1.54, 1.807) is 0 Å². The fourth-order valence-electron chi connectivity index (χ4n) is 2.14. The molecule has 0 spiro atoms. The lowest BCUT2D eigenvalue weighted by Crippen LogP contribution is -2.17. The first-order chi connectivity index (χ1) is 12.8. The number of halogens is 3. The summed E-state index contributed by atoms with van der Waals surface area (Å²) in [4.78, 5) is 35.0. The number of para-hydroxylation sites is 1. The number of ketones is 1.